The summed E-state index contributed by atoms with van der Waals surface area (Å²) in [5.74, 6) is -0.456. The number of aliphatic hydroxyl groups is 1. The summed E-state index contributed by atoms with van der Waals surface area (Å²) in [6.45, 7) is 0. The zero-order valence-electron chi connectivity index (χ0n) is 9.90. The zero-order chi connectivity index (χ0) is 12.8. The third-order valence-corrected chi connectivity index (χ3v) is 5.50. The summed E-state index contributed by atoms with van der Waals surface area (Å²) in [5.41, 5.74) is -0.387. The molecule has 1 aromatic carbocycles. The van der Waals surface area contributed by atoms with Gasteiger partial charge in [-0.2, -0.15) is 17.0 Å². The number of hydrogen-bond donors (Lipinski definition) is 1. The van der Waals surface area contributed by atoms with Gasteiger partial charge in [0.1, 0.15) is 5.82 Å². The van der Waals surface area contributed by atoms with Crippen molar-refractivity contribution in [3.8, 4) is 6.07 Å². The molecule has 2 aliphatic heterocycles. The fourth-order valence-electron chi connectivity index (χ4n) is 3.10. The van der Waals surface area contributed by atoms with E-state index in [2.05, 4.69) is 0 Å². The van der Waals surface area contributed by atoms with E-state index in [4.69, 9.17) is 5.26 Å². The van der Waals surface area contributed by atoms with E-state index in [9.17, 15) is 9.50 Å². The molecule has 0 saturated carbocycles. The molecule has 0 radical (unpaired) electrons. The lowest BCUT2D eigenvalue weighted by Gasteiger charge is -2.36. The molecule has 2 heterocycles. The maximum Gasteiger partial charge on any atom is 0.130 e. The number of halogens is 1. The number of hydrogen-bond acceptors (Lipinski definition) is 3. The Morgan fingerprint density at radius 2 is 2.00 bits per heavy atom. The number of nitriles is 1. The molecule has 2 nitrogen and oxygen atoms in total. The van der Waals surface area contributed by atoms with Crippen LogP contribution < -0.4 is 0 Å². The van der Waals surface area contributed by atoms with Crippen LogP contribution in [0.3, 0.4) is 0 Å². The van der Waals surface area contributed by atoms with Crippen LogP contribution in [0.5, 0.6) is 0 Å². The van der Waals surface area contributed by atoms with Gasteiger partial charge in [-0.25, -0.2) is 4.39 Å². The van der Waals surface area contributed by atoms with Gasteiger partial charge in [0.2, 0.25) is 0 Å². The van der Waals surface area contributed by atoms with Crippen LogP contribution in [0.1, 0.15) is 36.8 Å². The van der Waals surface area contributed by atoms with Crippen LogP contribution >= 0.6 is 11.8 Å². The summed E-state index contributed by atoms with van der Waals surface area (Å²) >= 11 is 1.93. The Bertz CT molecular complexity index is 513. The molecule has 2 atom stereocenters. The molecule has 1 N–H and O–H groups in total. The van der Waals surface area contributed by atoms with Crippen LogP contribution in [0.15, 0.2) is 18.2 Å². The Kier molecular flexibility index (Phi) is 2.84. The number of thioether (sulfide) groups is 1. The normalized spacial score (nSPS) is 34.3. The minimum Gasteiger partial charge on any atom is -0.385 e. The molecule has 94 valence electrons. The lowest BCUT2D eigenvalue weighted by molar-refractivity contribution is 0.0162. The Morgan fingerprint density at radius 1 is 1.33 bits per heavy atom. The number of rotatable bonds is 1. The van der Waals surface area contributed by atoms with Gasteiger partial charge < -0.3 is 5.11 Å². The molecule has 2 saturated heterocycles. The van der Waals surface area contributed by atoms with Crippen molar-refractivity contribution in [3.63, 3.8) is 0 Å². The van der Waals surface area contributed by atoms with E-state index in [1.807, 2.05) is 17.8 Å². The monoisotopic (exact) mass is 263 g/mol. The highest BCUT2D eigenvalue weighted by molar-refractivity contribution is 8.00. The van der Waals surface area contributed by atoms with Gasteiger partial charge in [0, 0.05) is 16.1 Å². The van der Waals surface area contributed by atoms with Gasteiger partial charge in [0.05, 0.1) is 17.2 Å². The summed E-state index contributed by atoms with van der Waals surface area (Å²) in [6, 6.07) is 6.29. The standard InChI is InChI=1S/C14H14FNOS/c15-13-5-9(8-16)1-4-12(13)14(17)6-10-2-3-11(7-14)18-10/h1,4-5,10-11,17H,2-3,6-7H2. The first-order chi connectivity index (χ1) is 8.60. The number of nitrogens with zero attached hydrogens (tertiary/aromatic N) is 1. The van der Waals surface area contributed by atoms with E-state index < -0.39 is 11.4 Å². The summed E-state index contributed by atoms with van der Waals surface area (Å²) in [7, 11) is 0. The molecule has 2 unspecified atom stereocenters. The zero-order valence-corrected chi connectivity index (χ0v) is 10.7. The molecule has 1 aromatic rings. The van der Waals surface area contributed by atoms with Crippen molar-refractivity contribution in [1.82, 2.24) is 0 Å². The first-order valence-corrected chi connectivity index (χ1v) is 7.13. The van der Waals surface area contributed by atoms with E-state index in [0.29, 0.717) is 34.5 Å². The van der Waals surface area contributed by atoms with Crippen molar-refractivity contribution >= 4 is 11.8 Å². The average molecular weight is 263 g/mol. The van der Waals surface area contributed by atoms with Gasteiger partial charge in [-0.1, -0.05) is 6.07 Å². The van der Waals surface area contributed by atoms with Crippen molar-refractivity contribution in [1.29, 1.82) is 5.26 Å². The molecule has 2 aliphatic rings. The minimum absolute atomic E-state index is 0.299. The maximum absolute atomic E-state index is 14.0. The van der Waals surface area contributed by atoms with Gasteiger partial charge in [0.15, 0.2) is 0 Å². The molecule has 3 rings (SSSR count). The van der Waals surface area contributed by atoms with Crippen LogP contribution in [0.25, 0.3) is 0 Å². The van der Waals surface area contributed by atoms with Crippen LogP contribution in [0.2, 0.25) is 0 Å². The van der Waals surface area contributed by atoms with Gasteiger partial charge in [-0.05, 0) is 37.8 Å². The van der Waals surface area contributed by atoms with E-state index in [1.54, 1.807) is 12.1 Å². The first kappa shape index (κ1) is 12.0. The molecule has 0 aliphatic carbocycles. The van der Waals surface area contributed by atoms with Crippen LogP contribution in [0.4, 0.5) is 4.39 Å². The van der Waals surface area contributed by atoms with Gasteiger partial charge >= 0.3 is 0 Å². The highest BCUT2D eigenvalue weighted by Crippen LogP contribution is 2.51. The molecule has 0 amide bonds. The fraction of sp³-hybridized carbons (Fsp3) is 0.500. The largest absolute Gasteiger partial charge is 0.385 e. The smallest absolute Gasteiger partial charge is 0.130 e. The van der Waals surface area contributed by atoms with Gasteiger partial charge in [0.25, 0.3) is 0 Å². The van der Waals surface area contributed by atoms with Crippen LogP contribution in [-0.4, -0.2) is 15.6 Å². The second-order valence-electron chi connectivity index (χ2n) is 5.20. The van der Waals surface area contributed by atoms with Gasteiger partial charge in [-0.15, -0.1) is 0 Å². The maximum atomic E-state index is 14.0. The Hall–Kier alpha value is -1.05. The molecule has 2 fully saturated rings. The van der Waals surface area contributed by atoms with Crippen LogP contribution in [-0.2, 0) is 5.60 Å². The first-order valence-electron chi connectivity index (χ1n) is 6.19. The van der Waals surface area contributed by atoms with Crippen molar-refractivity contribution in [2.24, 2.45) is 0 Å². The molecular weight excluding hydrogens is 249 g/mol. The van der Waals surface area contributed by atoms with Crippen molar-refractivity contribution < 1.29 is 9.50 Å². The predicted octanol–water partition coefficient (Wildman–Crippen LogP) is 2.94. The van der Waals surface area contributed by atoms with Crippen molar-refractivity contribution in [3.05, 3.63) is 35.1 Å². The topological polar surface area (TPSA) is 44.0 Å². The predicted molar refractivity (Wildman–Crippen MR) is 68.6 cm³/mol. The summed E-state index contributed by atoms with van der Waals surface area (Å²) < 4.78 is 14.0. The lowest BCUT2D eigenvalue weighted by Crippen LogP contribution is -2.35. The minimum atomic E-state index is -1.05. The summed E-state index contributed by atoms with van der Waals surface area (Å²) in [6.07, 6.45) is 3.49. The molecular formula is C14H14FNOS. The quantitative estimate of drug-likeness (QED) is 0.847. The third kappa shape index (κ3) is 1.92. The van der Waals surface area contributed by atoms with Crippen LogP contribution in [0, 0.1) is 17.1 Å². The average Bonchev–Trinajstić information content (AvgIpc) is 2.68. The summed E-state index contributed by atoms with van der Waals surface area (Å²) in [5, 5.41) is 20.4. The van der Waals surface area contributed by atoms with E-state index in [0.717, 1.165) is 12.8 Å². The molecule has 4 heteroatoms. The van der Waals surface area contributed by atoms with E-state index >= 15 is 0 Å². The Balaban J connectivity index is 1.97. The van der Waals surface area contributed by atoms with Gasteiger partial charge in [-0.3, -0.25) is 0 Å². The Labute approximate surface area is 110 Å². The van der Waals surface area contributed by atoms with Crippen molar-refractivity contribution in [2.45, 2.75) is 41.8 Å². The SMILES string of the molecule is N#Cc1ccc(C2(O)CC3CCC(C2)S3)c(F)c1. The molecule has 18 heavy (non-hydrogen) atoms. The van der Waals surface area contributed by atoms with E-state index in [-0.39, 0.29) is 0 Å². The Morgan fingerprint density at radius 3 is 2.56 bits per heavy atom. The summed E-state index contributed by atoms with van der Waals surface area (Å²) in [4.78, 5) is 0. The molecule has 0 spiro atoms. The van der Waals surface area contributed by atoms with E-state index in [1.165, 1.54) is 6.07 Å². The lowest BCUT2D eigenvalue weighted by atomic mass is 9.85. The third-order valence-electron chi connectivity index (χ3n) is 3.93. The number of fused-ring (bicyclic) bond motifs is 2. The highest BCUT2D eigenvalue weighted by Gasteiger charge is 2.45. The highest BCUT2D eigenvalue weighted by atomic mass is 32.2. The number of benzene rings is 1. The fourth-order valence-corrected chi connectivity index (χ4v) is 4.93. The second kappa shape index (κ2) is 4.25. The second-order valence-corrected chi connectivity index (χ2v) is 6.81. The molecule has 2 bridgehead atoms. The van der Waals surface area contributed by atoms with Crippen molar-refractivity contribution in [2.75, 3.05) is 0 Å². The molecule has 0 aromatic heterocycles.